The highest BCUT2D eigenvalue weighted by atomic mass is 16.3. The van der Waals surface area contributed by atoms with Crippen molar-refractivity contribution in [2.24, 2.45) is 46.3 Å². The van der Waals surface area contributed by atoms with Gasteiger partial charge in [0, 0.05) is 18.4 Å². The van der Waals surface area contributed by atoms with Crippen LogP contribution in [0.2, 0.25) is 0 Å². The van der Waals surface area contributed by atoms with E-state index in [9.17, 15) is 25.5 Å². The van der Waals surface area contributed by atoms with Gasteiger partial charge in [-0.15, -0.1) is 0 Å². The molecule has 4 rings (SSSR count). The maximum absolute atomic E-state index is 11.6. The van der Waals surface area contributed by atoms with Crippen molar-refractivity contribution < 1.29 is 25.5 Å². The van der Waals surface area contributed by atoms with Crippen LogP contribution in [0.3, 0.4) is 0 Å². The molecule has 0 radical (unpaired) electrons. The Kier molecular flexibility index (Phi) is 6.84. The molecule has 4 aliphatic carbocycles. The highest BCUT2D eigenvalue weighted by Gasteiger charge is 2.68. The number of hydrogen-bond donors (Lipinski definition) is 5. The predicted molar refractivity (Wildman–Crippen MR) is 125 cm³/mol. The van der Waals surface area contributed by atoms with Crippen LogP contribution in [0.5, 0.6) is 0 Å². The van der Waals surface area contributed by atoms with Gasteiger partial charge in [-0.3, -0.25) is 0 Å². The second-order valence-electron chi connectivity index (χ2n) is 12.9. The minimum Gasteiger partial charge on any atom is -0.396 e. The number of aliphatic hydroxyl groups excluding tert-OH is 4. The number of rotatable bonds is 6. The van der Waals surface area contributed by atoms with E-state index in [0.717, 1.165) is 44.9 Å². The smallest absolute Gasteiger partial charge is 0.0985 e. The van der Waals surface area contributed by atoms with Gasteiger partial charge >= 0.3 is 0 Å². The molecule has 12 unspecified atom stereocenters. The molecule has 5 nitrogen and oxygen atoms in total. The second-order valence-corrected chi connectivity index (χ2v) is 12.9. The molecule has 5 heteroatoms. The van der Waals surface area contributed by atoms with E-state index in [2.05, 4.69) is 27.7 Å². The van der Waals surface area contributed by atoms with E-state index in [1.807, 2.05) is 0 Å². The van der Waals surface area contributed by atoms with Gasteiger partial charge in [-0.05, 0) is 85.9 Å². The molecule has 4 fully saturated rings. The summed E-state index contributed by atoms with van der Waals surface area (Å²) in [4.78, 5) is 0. The average Bonchev–Trinajstić information content (AvgIpc) is 3.01. The Bertz CT molecular complexity index is 670. The van der Waals surface area contributed by atoms with Crippen LogP contribution in [-0.2, 0) is 0 Å². The summed E-state index contributed by atoms with van der Waals surface area (Å²) >= 11 is 0. The Morgan fingerprint density at radius 3 is 2.38 bits per heavy atom. The first-order valence-corrected chi connectivity index (χ1v) is 13.4. The molecule has 0 aliphatic heterocycles. The lowest BCUT2D eigenvalue weighted by Gasteiger charge is -2.65. The van der Waals surface area contributed by atoms with Crippen molar-refractivity contribution >= 4 is 0 Å². The lowest BCUT2D eigenvalue weighted by molar-refractivity contribution is -0.268. The minimum atomic E-state index is -1.22. The molecule has 0 aromatic rings. The third-order valence-electron chi connectivity index (χ3n) is 11.2. The molecule has 0 heterocycles. The molecule has 0 amide bonds. The molecule has 0 bridgehead atoms. The molecule has 0 saturated heterocycles. The van der Waals surface area contributed by atoms with Crippen LogP contribution in [0.15, 0.2) is 0 Å². The molecular weight excluding hydrogens is 404 g/mol. The zero-order chi connectivity index (χ0) is 23.5. The van der Waals surface area contributed by atoms with Gasteiger partial charge < -0.3 is 25.5 Å². The Balaban J connectivity index is 1.54. The Hall–Kier alpha value is -0.200. The third-order valence-corrected chi connectivity index (χ3v) is 11.2. The Morgan fingerprint density at radius 2 is 1.69 bits per heavy atom. The van der Waals surface area contributed by atoms with Crippen molar-refractivity contribution in [3.8, 4) is 0 Å². The van der Waals surface area contributed by atoms with Crippen LogP contribution in [0, 0.1) is 46.3 Å². The van der Waals surface area contributed by atoms with Gasteiger partial charge in [-0.25, -0.2) is 0 Å². The van der Waals surface area contributed by atoms with Gasteiger partial charge in [0.25, 0.3) is 0 Å². The number of aliphatic hydroxyl groups is 5. The number of fused-ring (bicyclic) bond motifs is 5. The van der Waals surface area contributed by atoms with E-state index >= 15 is 0 Å². The van der Waals surface area contributed by atoms with Crippen LogP contribution in [0.25, 0.3) is 0 Å². The highest BCUT2D eigenvalue weighted by Crippen LogP contribution is 2.69. The Labute approximate surface area is 194 Å². The van der Waals surface area contributed by atoms with Crippen LogP contribution >= 0.6 is 0 Å². The highest BCUT2D eigenvalue weighted by molar-refractivity contribution is 5.18. The van der Waals surface area contributed by atoms with E-state index in [0.29, 0.717) is 30.6 Å². The maximum atomic E-state index is 11.6. The first kappa shape index (κ1) is 24.9. The summed E-state index contributed by atoms with van der Waals surface area (Å²) < 4.78 is 0. The molecule has 5 N–H and O–H groups in total. The molecule has 4 saturated carbocycles. The fourth-order valence-electron chi connectivity index (χ4n) is 9.34. The lowest BCUT2D eigenvalue weighted by Crippen LogP contribution is -2.69. The van der Waals surface area contributed by atoms with Gasteiger partial charge in [0.15, 0.2) is 0 Å². The number of hydrogen-bond acceptors (Lipinski definition) is 5. The molecule has 0 aromatic carbocycles. The molecular formula is C27H48O5. The van der Waals surface area contributed by atoms with Crippen LogP contribution in [0.1, 0.15) is 91.9 Å². The fourth-order valence-corrected chi connectivity index (χ4v) is 9.34. The van der Waals surface area contributed by atoms with Crippen molar-refractivity contribution in [3.63, 3.8) is 0 Å². The third kappa shape index (κ3) is 3.69. The zero-order valence-corrected chi connectivity index (χ0v) is 20.7. The monoisotopic (exact) mass is 452 g/mol. The van der Waals surface area contributed by atoms with Crippen molar-refractivity contribution in [2.45, 2.75) is 116 Å². The standard InChI is InChI=1S/C27H48O5/c1-16(15-28)6-5-7-17(2)21-13-22(30)24-19-12-23(31)27(32)14-18(29)8-11-26(27,4)20(19)9-10-25(21,24)3/h16-24,28-32H,5-15H2,1-4H3. The molecule has 186 valence electrons. The molecule has 0 spiro atoms. The summed E-state index contributed by atoms with van der Waals surface area (Å²) in [7, 11) is 0. The van der Waals surface area contributed by atoms with E-state index < -0.39 is 23.2 Å². The topological polar surface area (TPSA) is 101 Å². The van der Waals surface area contributed by atoms with Gasteiger partial charge in [-0.1, -0.05) is 40.5 Å². The minimum absolute atomic E-state index is 0.0717. The van der Waals surface area contributed by atoms with Crippen molar-refractivity contribution in [1.29, 1.82) is 0 Å². The summed E-state index contributed by atoms with van der Waals surface area (Å²) in [6.45, 7) is 9.24. The van der Waals surface area contributed by atoms with Crippen LogP contribution in [-0.4, -0.2) is 56.1 Å². The normalized spacial score (nSPS) is 52.6. The SMILES string of the molecule is CC(CO)CCCC(C)C1CC(O)C2C3CC(O)C4(O)CC(O)CCC4(C)C3CCC12C. The van der Waals surface area contributed by atoms with Gasteiger partial charge in [0.2, 0.25) is 0 Å². The van der Waals surface area contributed by atoms with Crippen molar-refractivity contribution in [2.75, 3.05) is 6.61 Å². The Morgan fingerprint density at radius 1 is 0.969 bits per heavy atom. The van der Waals surface area contributed by atoms with Gasteiger partial charge in [-0.2, -0.15) is 0 Å². The second kappa shape index (κ2) is 8.78. The largest absolute Gasteiger partial charge is 0.396 e. The predicted octanol–water partition coefficient (Wildman–Crippen LogP) is 3.50. The summed E-state index contributed by atoms with van der Waals surface area (Å²) in [5.74, 6) is 2.06. The van der Waals surface area contributed by atoms with Crippen LogP contribution in [0.4, 0.5) is 0 Å². The first-order chi connectivity index (χ1) is 15.0. The first-order valence-electron chi connectivity index (χ1n) is 13.4. The van der Waals surface area contributed by atoms with Gasteiger partial charge in [0.1, 0.15) is 0 Å². The molecule has 0 aromatic heterocycles. The quantitative estimate of drug-likeness (QED) is 0.425. The summed E-state index contributed by atoms with van der Waals surface area (Å²) in [5.41, 5.74) is -1.55. The van der Waals surface area contributed by atoms with E-state index in [4.69, 9.17) is 0 Å². The van der Waals surface area contributed by atoms with Gasteiger partial charge in [0.05, 0.1) is 23.9 Å². The van der Waals surface area contributed by atoms with E-state index in [1.54, 1.807) is 0 Å². The van der Waals surface area contributed by atoms with Crippen LogP contribution < -0.4 is 0 Å². The summed E-state index contributed by atoms with van der Waals surface area (Å²) in [6, 6.07) is 0. The van der Waals surface area contributed by atoms with E-state index in [1.165, 1.54) is 0 Å². The summed E-state index contributed by atoms with van der Waals surface area (Å²) in [5, 5.41) is 53.7. The summed E-state index contributed by atoms with van der Waals surface area (Å²) in [6.07, 6.45) is 6.78. The maximum Gasteiger partial charge on any atom is 0.0985 e. The zero-order valence-electron chi connectivity index (χ0n) is 20.7. The molecule has 12 atom stereocenters. The van der Waals surface area contributed by atoms with Crippen molar-refractivity contribution in [3.05, 3.63) is 0 Å². The van der Waals surface area contributed by atoms with Crippen molar-refractivity contribution in [1.82, 2.24) is 0 Å². The molecule has 32 heavy (non-hydrogen) atoms. The fraction of sp³-hybridized carbons (Fsp3) is 1.00. The van der Waals surface area contributed by atoms with E-state index in [-0.39, 0.29) is 42.3 Å². The lowest BCUT2D eigenvalue weighted by atomic mass is 9.42. The molecule has 4 aliphatic rings. The average molecular weight is 453 g/mol.